The Labute approximate surface area is 49.6 Å². The predicted molar refractivity (Wildman–Crippen MR) is 32.0 cm³/mol. The third kappa shape index (κ3) is 0.894. The summed E-state index contributed by atoms with van der Waals surface area (Å²) in [6.07, 6.45) is 5.21. The first kappa shape index (κ1) is 5.37. The molecule has 0 bridgehead atoms. The summed E-state index contributed by atoms with van der Waals surface area (Å²) in [5.74, 6) is 0.927. The number of rotatable bonds is 1. The summed E-state index contributed by atoms with van der Waals surface area (Å²) >= 11 is 0. The van der Waals surface area contributed by atoms with Gasteiger partial charge in [0.05, 0.1) is 12.0 Å². The van der Waals surface area contributed by atoms with E-state index in [1.54, 1.807) is 0 Å². The number of nitrogens with zero attached hydrogens (tertiary/aromatic N) is 1. The van der Waals surface area contributed by atoms with Gasteiger partial charge < -0.3 is 0 Å². The molecular formula is C7H9N. The lowest BCUT2D eigenvalue weighted by Gasteiger charge is -1.74. The van der Waals surface area contributed by atoms with Crippen molar-refractivity contribution < 1.29 is 0 Å². The Hall–Kier alpha value is -0.770. The molecule has 2 atom stereocenters. The van der Waals surface area contributed by atoms with Gasteiger partial charge in [-0.15, -0.1) is 0 Å². The van der Waals surface area contributed by atoms with Crippen LogP contribution in [0.2, 0.25) is 0 Å². The fourth-order valence-electron chi connectivity index (χ4n) is 0.823. The molecule has 0 aromatic carbocycles. The molecule has 42 valence electrons. The van der Waals surface area contributed by atoms with Crippen LogP contribution in [0.4, 0.5) is 0 Å². The molecule has 1 heteroatoms. The summed E-state index contributed by atoms with van der Waals surface area (Å²) < 4.78 is 0. The molecule has 0 N–H and O–H groups in total. The second kappa shape index (κ2) is 2.00. The molecular weight excluding hydrogens is 98.1 g/mol. The highest BCUT2D eigenvalue weighted by Gasteiger charge is 2.34. The number of hydrogen-bond acceptors (Lipinski definition) is 1. The second-order valence-corrected chi connectivity index (χ2v) is 2.16. The van der Waals surface area contributed by atoms with E-state index in [0.29, 0.717) is 11.8 Å². The molecule has 1 rings (SSSR count). The maximum atomic E-state index is 8.32. The highest BCUT2D eigenvalue weighted by Crippen LogP contribution is 2.38. The van der Waals surface area contributed by atoms with E-state index in [2.05, 4.69) is 12.1 Å². The van der Waals surface area contributed by atoms with Gasteiger partial charge in [-0.25, -0.2) is 0 Å². The van der Waals surface area contributed by atoms with Gasteiger partial charge in [-0.05, 0) is 19.3 Å². The monoisotopic (exact) mass is 107 g/mol. The Morgan fingerprint density at radius 2 is 2.50 bits per heavy atom. The van der Waals surface area contributed by atoms with Crippen molar-refractivity contribution in [3.05, 3.63) is 12.2 Å². The van der Waals surface area contributed by atoms with Crippen LogP contribution in [0.15, 0.2) is 12.2 Å². The zero-order chi connectivity index (χ0) is 5.98. The first-order valence-electron chi connectivity index (χ1n) is 2.91. The summed E-state index contributed by atoms with van der Waals surface area (Å²) in [5.41, 5.74) is 0. The van der Waals surface area contributed by atoms with Crippen LogP contribution in [-0.4, -0.2) is 0 Å². The Kier molecular flexibility index (Phi) is 1.34. The molecule has 0 aromatic heterocycles. The minimum atomic E-state index is 0.339. The lowest BCUT2D eigenvalue weighted by atomic mass is 10.3. The van der Waals surface area contributed by atoms with Gasteiger partial charge in [-0.2, -0.15) is 5.26 Å². The van der Waals surface area contributed by atoms with Crippen molar-refractivity contribution in [1.82, 2.24) is 0 Å². The van der Waals surface area contributed by atoms with Gasteiger partial charge in [0.2, 0.25) is 0 Å². The highest BCUT2D eigenvalue weighted by atomic mass is 14.4. The SMILES string of the molecule is C/C=C/[C@@H]1C[C@H]1C#N. The van der Waals surface area contributed by atoms with E-state index in [0.717, 1.165) is 6.42 Å². The molecule has 1 saturated carbocycles. The number of allylic oxidation sites excluding steroid dienone is 2. The fourth-order valence-corrected chi connectivity index (χ4v) is 0.823. The Balaban J connectivity index is 2.29. The van der Waals surface area contributed by atoms with Crippen molar-refractivity contribution in [2.45, 2.75) is 13.3 Å². The second-order valence-electron chi connectivity index (χ2n) is 2.16. The Morgan fingerprint density at radius 3 is 2.88 bits per heavy atom. The quantitative estimate of drug-likeness (QED) is 0.468. The van der Waals surface area contributed by atoms with Crippen LogP contribution >= 0.6 is 0 Å². The maximum Gasteiger partial charge on any atom is 0.0662 e. The van der Waals surface area contributed by atoms with Crippen LogP contribution in [0.1, 0.15) is 13.3 Å². The standard InChI is InChI=1S/C7H9N/c1-2-3-6-4-7(6)5-8/h2-3,6-7H,4H2,1H3/b3-2+/t6-,7+/m1/s1. The van der Waals surface area contributed by atoms with Gasteiger partial charge in [-0.3, -0.25) is 0 Å². The van der Waals surface area contributed by atoms with Gasteiger partial charge >= 0.3 is 0 Å². The molecule has 8 heavy (non-hydrogen) atoms. The molecule has 1 nitrogen and oxygen atoms in total. The fraction of sp³-hybridized carbons (Fsp3) is 0.571. The third-order valence-electron chi connectivity index (χ3n) is 1.45. The van der Waals surface area contributed by atoms with Crippen molar-refractivity contribution in [2.24, 2.45) is 11.8 Å². The molecule has 0 aromatic rings. The average Bonchev–Trinajstić information content (AvgIpc) is 2.48. The minimum absolute atomic E-state index is 0.339. The minimum Gasteiger partial charge on any atom is -0.198 e. The van der Waals surface area contributed by atoms with Crippen LogP contribution in [-0.2, 0) is 0 Å². The first-order valence-corrected chi connectivity index (χ1v) is 2.91. The molecule has 0 amide bonds. The van der Waals surface area contributed by atoms with E-state index in [-0.39, 0.29) is 0 Å². The molecule has 0 aliphatic heterocycles. The van der Waals surface area contributed by atoms with Crippen LogP contribution < -0.4 is 0 Å². The molecule has 1 aliphatic carbocycles. The van der Waals surface area contributed by atoms with Gasteiger partial charge in [0.25, 0.3) is 0 Å². The predicted octanol–water partition coefficient (Wildman–Crippen LogP) is 1.72. The van der Waals surface area contributed by atoms with E-state index >= 15 is 0 Å². The molecule has 0 heterocycles. The molecule has 1 aliphatic rings. The molecule has 0 radical (unpaired) electrons. The van der Waals surface area contributed by atoms with Gasteiger partial charge in [-0.1, -0.05) is 12.2 Å². The van der Waals surface area contributed by atoms with Crippen molar-refractivity contribution >= 4 is 0 Å². The largest absolute Gasteiger partial charge is 0.198 e. The van der Waals surface area contributed by atoms with Gasteiger partial charge in [0.1, 0.15) is 0 Å². The Morgan fingerprint density at radius 1 is 1.75 bits per heavy atom. The summed E-state index contributed by atoms with van der Waals surface area (Å²) in [6.45, 7) is 1.99. The summed E-state index contributed by atoms with van der Waals surface area (Å²) in [4.78, 5) is 0. The summed E-state index contributed by atoms with van der Waals surface area (Å²) in [5, 5.41) is 8.32. The zero-order valence-electron chi connectivity index (χ0n) is 4.96. The van der Waals surface area contributed by atoms with E-state index in [1.165, 1.54) is 0 Å². The highest BCUT2D eigenvalue weighted by molar-refractivity contribution is 5.09. The summed E-state index contributed by atoms with van der Waals surface area (Å²) in [7, 11) is 0. The Bertz CT molecular complexity index is 141. The smallest absolute Gasteiger partial charge is 0.0662 e. The lowest BCUT2D eigenvalue weighted by molar-refractivity contribution is 1.00. The summed E-state index contributed by atoms with van der Waals surface area (Å²) in [6, 6.07) is 2.22. The molecule has 1 fully saturated rings. The van der Waals surface area contributed by atoms with Crippen LogP contribution in [0.25, 0.3) is 0 Å². The molecule has 0 spiro atoms. The topological polar surface area (TPSA) is 23.8 Å². The molecule has 0 saturated heterocycles. The van der Waals surface area contributed by atoms with Crippen LogP contribution in [0.3, 0.4) is 0 Å². The number of hydrogen-bond donors (Lipinski definition) is 0. The van der Waals surface area contributed by atoms with E-state index in [9.17, 15) is 0 Å². The van der Waals surface area contributed by atoms with Crippen molar-refractivity contribution in [1.29, 1.82) is 5.26 Å². The van der Waals surface area contributed by atoms with Crippen molar-refractivity contribution in [3.63, 3.8) is 0 Å². The third-order valence-corrected chi connectivity index (χ3v) is 1.45. The van der Waals surface area contributed by atoms with Crippen LogP contribution in [0.5, 0.6) is 0 Å². The number of nitriles is 1. The zero-order valence-corrected chi connectivity index (χ0v) is 4.96. The van der Waals surface area contributed by atoms with Crippen molar-refractivity contribution in [2.75, 3.05) is 0 Å². The van der Waals surface area contributed by atoms with Gasteiger partial charge in [0.15, 0.2) is 0 Å². The molecule has 0 unspecified atom stereocenters. The van der Waals surface area contributed by atoms with Crippen molar-refractivity contribution in [3.8, 4) is 6.07 Å². The normalized spacial score (nSPS) is 35.0. The van der Waals surface area contributed by atoms with E-state index in [4.69, 9.17) is 5.26 Å². The van der Waals surface area contributed by atoms with E-state index in [1.807, 2.05) is 13.0 Å². The maximum absolute atomic E-state index is 8.32. The van der Waals surface area contributed by atoms with Crippen LogP contribution in [0, 0.1) is 23.2 Å². The van der Waals surface area contributed by atoms with Gasteiger partial charge in [0, 0.05) is 0 Å². The lowest BCUT2D eigenvalue weighted by Crippen LogP contribution is -1.68. The van der Waals surface area contributed by atoms with E-state index < -0.39 is 0 Å². The first-order chi connectivity index (χ1) is 3.88. The average molecular weight is 107 g/mol.